The average Bonchev–Trinajstić information content (AvgIpc) is 2.37. The van der Waals surface area contributed by atoms with E-state index in [2.05, 4.69) is 6.58 Å². The molecule has 1 aromatic rings. The van der Waals surface area contributed by atoms with Crippen LogP contribution in [0.5, 0.6) is 0 Å². The molecule has 0 spiro atoms. The van der Waals surface area contributed by atoms with Crippen LogP contribution in [0, 0.1) is 0 Å². The summed E-state index contributed by atoms with van der Waals surface area (Å²) >= 11 is 0. The zero-order valence-corrected chi connectivity index (χ0v) is 10.3. The van der Waals surface area contributed by atoms with E-state index < -0.39 is 24.5 Å². The van der Waals surface area contributed by atoms with Gasteiger partial charge in [0.05, 0.1) is 18.3 Å². The minimum absolute atomic E-state index is 0.0316. The molecule has 19 heavy (non-hydrogen) atoms. The summed E-state index contributed by atoms with van der Waals surface area (Å²) in [5, 5.41) is 18.2. The molecule has 1 aromatic carbocycles. The van der Waals surface area contributed by atoms with Crippen LogP contribution in [0.3, 0.4) is 0 Å². The minimum Gasteiger partial charge on any atom is -0.394 e. The Kier molecular flexibility index (Phi) is 5.38. The Morgan fingerprint density at radius 3 is 2.58 bits per heavy atom. The van der Waals surface area contributed by atoms with Gasteiger partial charge >= 0.3 is 6.18 Å². The van der Waals surface area contributed by atoms with Crippen molar-refractivity contribution in [3.63, 3.8) is 0 Å². The van der Waals surface area contributed by atoms with Gasteiger partial charge in [-0.25, -0.2) is 0 Å². The van der Waals surface area contributed by atoms with Gasteiger partial charge in [0.1, 0.15) is 0 Å². The molecule has 106 valence electrons. The third-order valence-corrected chi connectivity index (χ3v) is 2.53. The van der Waals surface area contributed by atoms with E-state index in [0.717, 1.165) is 12.1 Å². The largest absolute Gasteiger partial charge is 0.416 e. The monoisotopic (exact) mass is 275 g/mol. The minimum atomic E-state index is -4.41. The molecule has 3 nitrogen and oxygen atoms in total. The van der Waals surface area contributed by atoms with Crippen molar-refractivity contribution in [1.29, 1.82) is 0 Å². The number of alkyl halides is 3. The Bertz CT molecular complexity index is 421. The van der Waals surface area contributed by atoms with E-state index >= 15 is 0 Å². The van der Waals surface area contributed by atoms with Crippen LogP contribution in [-0.2, 0) is 6.18 Å². The molecule has 0 bridgehead atoms. The number of aliphatic hydroxyl groups is 2. The second kappa shape index (κ2) is 6.58. The van der Waals surface area contributed by atoms with Crippen molar-refractivity contribution >= 4 is 5.69 Å². The second-order valence-corrected chi connectivity index (χ2v) is 4.08. The lowest BCUT2D eigenvalue weighted by Gasteiger charge is -2.26. The summed E-state index contributed by atoms with van der Waals surface area (Å²) in [6.07, 6.45) is -3.91. The molecule has 0 saturated heterocycles. The number of halogens is 3. The van der Waals surface area contributed by atoms with Crippen LogP contribution in [-0.4, -0.2) is 36.0 Å². The topological polar surface area (TPSA) is 43.7 Å². The van der Waals surface area contributed by atoms with Crippen LogP contribution < -0.4 is 4.90 Å². The van der Waals surface area contributed by atoms with Crippen molar-refractivity contribution in [1.82, 2.24) is 0 Å². The number of nitrogens with zero attached hydrogens (tertiary/aromatic N) is 1. The average molecular weight is 275 g/mol. The smallest absolute Gasteiger partial charge is 0.394 e. The quantitative estimate of drug-likeness (QED) is 0.781. The molecule has 1 rings (SSSR count). The van der Waals surface area contributed by atoms with Gasteiger partial charge in [-0.1, -0.05) is 12.1 Å². The number of rotatable bonds is 6. The summed E-state index contributed by atoms with van der Waals surface area (Å²) in [6, 6.07) is 4.81. The van der Waals surface area contributed by atoms with Crippen LogP contribution in [0.1, 0.15) is 5.56 Å². The lowest BCUT2D eigenvalue weighted by molar-refractivity contribution is -0.137. The Morgan fingerprint density at radius 1 is 1.37 bits per heavy atom. The standard InChI is InChI=1S/C13H16F3NO2/c1-2-6-17(8-12(19)9-18)11-5-3-4-10(7-11)13(14,15)16/h2-5,7,12,18-19H,1,6,8-9H2. The van der Waals surface area contributed by atoms with E-state index in [1.807, 2.05) is 0 Å². The second-order valence-electron chi connectivity index (χ2n) is 4.08. The van der Waals surface area contributed by atoms with Gasteiger partial charge in [0, 0.05) is 18.8 Å². The SMILES string of the molecule is C=CCN(CC(O)CO)c1cccc(C(F)(F)F)c1. The molecule has 1 unspecified atom stereocenters. The maximum Gasteiger partial charge on any atom is 0.416 e. The maximum atomic E-state index is 12.6. The molecule has 0 saturated carbocycles. The molecule has 0 aromatic heterocycles. The molecule has 2 N–H and O–H groups in total. The van der Waals surface area contributed by atoms with Crippen molar-refractivity contribution < 1.29 is 23.4 Å². The molecule has 0 aliphatic heterocycles. The summed E-state index contributed by atoms with van der Waals surface area (Å²) in [5.41, 5.74) is -0.431. The fraction of sp³-hybridized carbons (Fsp3) is 0.385. The number of hydrogen-bond donors (Lipinski definition) is 2. The lowest BCUT2D eigenvalue weighted by Crippen LogP contribution is -2.34. The molecule has 6 heteroatoms. The lowest BCUT2D eigenvalue weighted by atomic mass is 10.1. The third-order valence-electron chi connectivity index (χ3n) is 2.53. The summed E-state index contributed by atoms with van der Waals surface area (Å²) in [5.74, 6) is 0. The highest BCUT2D eigenvalue weighted by atomic mass is 19.4. The van der Waals surface area contributed by atoms with Crippen LogP contribution in [0.2, 0.25) is 0 Å². The first-order valence-corrected chi connectivity index (χ1v) is 5.70. The van der Waals surface area contributed by atoms with Gasteiger partial charge < -0.3 is 15.1 Å². The van der Waals surface area contributed by atoms with Crippen LogP contribution in [0.25, 0.3) is 0 Å². The molecule has 0 aliphatic carbocycles. The fourth-order valence-electron chi connectivity index (χ4n) is 1.63. The molecular weight excluding hydrogens is 259 g/mol. The van der Waals surface area contributed by atoms with E-state index in [4.69, 9.17) is 5.11 Å². The highest BCUT2D eigenvalue weighted by molar-refractivity contribution is 5.50. The predicted molar refractivity (Wildman–Crippen MR) is 66.9 cm³/mol. The normalized spacial score (nSPS) is 13.1. The molecule has 0 heterocycles. The van der Waals surface area contributed by atoms with Crippen molar-refractivity contribution in [2.45, 2.75) is 12.3 Å². The Labute approximate surface area is 109 Å². The van der Waals surface area contributed by atoms with Crippen LogP contribution >= 0.6 is 0 Å². The van der Waals surface area contributed by atoms with Gasteiger partial charge in [0.2, 0.25) is 0 Å². The summed E-state index contributed by atoms with van der Waals surface area (Å²) < 4.78 is 37.9. The van der Waals surface area contributed by atoms with Gasteiger partial charge in [0.15, 0.2) is 0 Å². The Hall–Kier alpha value is -1.53. The van der Waals surface area contributed by atoms with E-state index in [1.54, 1.807) is 0 Å². The van der Waals surface area contributed by atoms with Gasteiger partial charge in [0.25, 0.3) is 0 Å². The van der Waals surface area contributed by atoms with E-state index in [0.29, 0.717) is 5.69 Å². The first kappa shape index (κ1) is 15.5. The number of aliphatic hydroxyl groups excluding tert-OH is 2. The number of anilines is 1. The summed E-state index contributed by atoms with van der Waals surface area (Å²) in [6.45, 7) is 3.38. The first-order valence-electron chi connectivity index (χ1n) is 5.70. The predicted octanol–water partition coefficient (Wildman–Crippen LogP) is 2.05. The van der Waals surface area contributed by atoms with Crippen molar-refractivity contribution in [2.24, 2.45) is 0 Å². The molecule has 1 atom stereocenters. The van der Waals surface area contributed by atoms with Gasteiger partial charge in [-0.05, 0) is 18.2 Å². The molecule has 0 aliphatic rings. The maximum absolute atomic E-state index is 12.6. The van der Waals surface area contributed by atoms with Crippen molar-refractivity contribution in [3.8, 4) is 0 Å². The highest BCUT2D eigenvalue weighted by Crippen LogP contribution is 2.31. The van der Waals surface area contributed by atoms with Crippen molar-refractivity contribution in [3.05, 3.63) is 42.5 Å². The summed E-state index contributed by atoms with van der Waals surface area (Å²) in [7, 11) is 0. The van der Waals surface area contributed by atoms with Gasteiger partial charge in [-0.15, -0.1) is 6.58 Å². The van der Waals surface area contributed by atoms with E-state index in [9.17, 15) is 18.3 Å². The third kappa shape index (κ3) is 4.57. The van der Waals surface area contributed by atoms with E-state index in [-0.39, 0.29) is 13.1 Å². The molecule has 0 amide bonds. The van der Waals surface area contributed by atoms with Crippen molar-refractivity contribution in [2.75, 3.05) is 24.6 Å². The summed E-state index contributed by atoms with van der Waals surface area (Å²) in [4.78, 5) is 1.52. The molecular formula is C13H16F3NO2. The number of benzene rings is 1. The van der Waals surface area contributed by atoms with Crippen LogP contribution in [0.15, 0.2) is 36.9 Å². The zero-order chi connectivity index (χ0) is 14.5. The zero-order valence-electron chi connectivity index (χ0n) is 10.3. The molecule has 0 radical (unpaired) electrons. The first-order chi connectivity index (χ1) is 8.88. The fourth-order valence-corrected chi connectivity index (χ4v) is 1.63. The van der Waals surface area contributed by atoms with Gasteiger partial charge in [-0.2, -0.15) is 13.2 Å². The number of hydrogen-bond acceptors (Lipinski definition) is 3. The van der Waals surface area contributed by atoms with E-state index in [1.165, 1.54) is 23.1 Å². The highest BCUT2D eigenvalue weighted by Gasteiger charge is 2.30. The van der Waals surface area contributed by atoms with Crippen LogP contribution in [0.4, 0.5) is 18.9 Å². The molecule has 0 fully saturated rings. The Balaban J connectivity index is 2.99. The van der Waals surface area contributed by atoms with Gasteiger partial charge in [-0.3, -0.25) is 0 Å². The Morgan fingerprint density at radius 2 is 2.05 bits per heavy atom.